The summed E-state index contributed by atoms with van der Waals surface area (Å²) >= 11 is 1.43. The fraction of sp³-hybridized carbons (Fsp3) is 0.0741. The first kappa shape index (κ1) is 21.9. The van der Waals surface area contributed by atoms with Crippen LogP contribution in [0.1, 0.15) is 17.0 Å². The smallest absolute Gasteiger partial charge is 0.283 e. The van der Waals surface area contributed by atoms with Crippen LogP contribution in [-0.2, 0) is 17.1 Å². The first-order valence-corrected chi connectivity index (χ1v) is 11.8. The third kappa shape index (κ3) is 4.84. The second kappa shape index (κ2) is 9.89. The predicted octanol–water partition coefficient (Wildman–Crippen LogP) is 5.75. The fourth-order valence-corrected chi connectivity index (χ4v) is 4.63. The molecule has 0 bridgehead atoms. The van der Waals surface area contributed by atoms with Crippen LogP contribution in [-0.4, -0.2) is 20.6 Å². The van der Waals surface area contributed by atoms with Gasteiger partial charge in [0.25, 0.3) is 5.91 Å². The summed E-state index contributed by atoms with van der Waals surface area (Å²) in [6, 6.07) is 25.6. The van der Waals surface area contributed by atoms with E-state index in [9.17, 15) is 9.18 Å². The Labute approximate surface area is 201 Å². The SMILES string of the molecule is O=C1/C(=C\c2ccccc2)N=C(SCc2nccn2Cc2ccccc2)N1c1ccc(F)cc1. The van der Waals surface area contributed by atoms with Crippen molar-refractivity contribution in [3.05, 3.63) is 126 Å². The van der Waals surface area contributed by atoms with Gasteiger partial charge in [0, 0.05) is 18.9 Å². The number of hydrogen-bond donors (Lipinski definition) is 0. The molecule has 0 saturated carbocycles. The molecule has 0 unspecified atom stereocenters. The summed E-state index contributed by atoms with van der Waals surface area (Å²) in [6.45, 7) is 0.711. The number of rotatable bonds is 6. The number of thioether (sulfide) groups is 1. The van der Waals surface area contributed by atoms with E-state index in [4.69, 9.17) is 0 Å². The lowest BCUT2D eigenvalue weighted by Crippen LogP contribution is -2.30. The molecule has 1 aliphatic rings. The number of hydrogen-bond acceptors (Lipinski definition) is 4. The zero-order valence-corrected chi connectivity index (χ0v) is 19.0. The van der Waals surface area contributed by atoms with E-state index in [1.165, 1.54) is 34.4 Å². The topological polar surface area (TPSA) is 50.5 Å². The van der Waals surface area contributed by atoms with Crippen molar-refractivity contribution in [1.82, 2.24) is 9.55 Å². The highest BCUT2D eigenvalue weighted by molar-refractivity contribution is 8.13. The third-order valence-electron chi connectivity index (χ3n) is 5.35. The van der Waals surface area contributed by atoms with Crippen molar-refractivity contribution in [2.45, 2.75) is 12.3 Å². The molecule has 0 aliphatic carbocycles. The maximum Gasteiger partial charge on any atom is 0.283 e. The highest BCUT2D eigenvalue weighted by Gasteiger charge is 2.32. The fourth-order valence-electron chi connectivity index (χ4n) is 3.65. The number of imidazole rings is 1. The maximum absolute atomic E-state index is 13.5. The Hall–Kier alpha value is -3.97. The average molecular weight is 469 g/mol. The zero-order chi connectivity index (χ0) is 23.3. The van der Waals surface area contributed by atoms with Gasteiger partial charge in [-0.15, -0.1) is 0 Å². The van der Waals surface area contributed by atoms with Crippen molar-refractivity contribution in [2.75, 3.05) is 4.90 Å². The molecule has 0 spiro atoms. The Morgan fingerprint density at radius 2 is 1.62 bits per heavy atom. The van der Waals surface area contributed by atoms with E-state index in [1.807, 2.05) is 54.7 Å². The number of benzene rings is 3. The minimum atomic E-state index is -0.357. The van der Waals surface area contributed by atoms with Crippen LogP contribution >= 0.6 is 11.8 Å². The van der Waals surface area contributed by atoms with Gasteiger partial charge in [-0.25, -0.2) is 14.4 Å². The van der Waals surface area contributed by atoms with E-state index in [0.29, 0.717) is 28.8 Å². The van der Waals surface area contributed by atoms with Crippen molar-refractivity contribution in [3.8, 4) is 0 Å². The average Bonchev–Trinajstić information content (AvgIpc) is 3.43. The lowest BCUT2D eigenvalue weighted by molar-refractivity contribution is -0.113. The number of nitrogens with zero attached hydrogens (tertiary/aromatic N) is 4. The van der Waals surface area contributed by atoms with Crippen LogP contribution in [0.2, 0.25) is 0 Å². The molecule has 168 valence electrons. The Balaban J connectivity index is 1.41. The lowest BCUT2D eigenvalue weighted by Gasteiger charge is -2.18. The largest absolute Gasteiger partial charge is 0.330 e. The predicted molar refractivity (Wildman–Crippen MR) is 135 cm³/mol. The monoisotopic (exact) mass is 468 g/mol. The molecule has 1 aliphatic heterocycles. The summed E-state index contributed by atoms with van der Waals surface area (Å²) in [5.74, 6) is 0.807. The molecule has 0 radical (unpaired) electrons. The van der Waals surface area contributed by atoms with Gasteiger partial charge in [0.2, 0.25) is 0 Å². The summed E-state index contributed by atoms with van der Waals surface area (Å²) in [4.78, 5) is 24.0. The molecule has 0 saturated heterocycles. The van der Waals surface area contributed by atoms with Gasteiger partial charge in [0.1, 0.15) is 17.3 Å². The molecule has 3 aromatic carbocycles. The summed E-state index contributed by atoms with van der Waals surface area (Å²) in [6.07, 6.45) is 5.49. The molecular weight excluding hydrogens is 447 g/mol. The van der Waals surface area contributed by atoms with E-state index >= 15 is 0 Å². The van der Waals surface area contributed by atoms with Crippen LogP contribution in [0.5, 0.6) is 0 Å². The van der Waals surface area contributed by atoms with Crippen LogP contribution in [0.25, 0.3) is 6.08 Å². The van der Waals surface area contributed by atoms with Crippen molar-refractivity contribution in [2.24, 2.45) is 4.99 Å². The zero-order valence-electron chi connectivity index (χ0n) is 18.2. The van der Waals surface area contributed by atoms with E-state index in [1.54, 1.807) is 24.4 Å². The Bertz CT molecular complexity index is 1350. The summed E-state index contributed by atoms with van der Waals surface area (Å²) < 4.78 is 15.6. The first-order valence-electron chi connectivity index (χ1n) is 10.8. The Kier molecular flexibility index (Phi) is 6.35. The highest BCUT2D eigenvalue weighted by atomic mass is 32.2. The lowest BCUT2D eigenvalue weighted by atomic mass is 10.2. The normalized spacial score (nSPS) is 14.6. The van der Waals surface area contributed by atoms with Crippen LogP contribution in [0.3, 0.4) is 0 Å². The minimum absolute atomic E-state index is 0.245. The number of aliphatic imine (C=N–C) groups is 1. The van der Waals surface area contributed by atoms with Gasteiger partial charge in [-0.3, -0.25) is 9.69 Å². The number of carbonyl (C=O) groups is 1. The maximum atomic E-state index is 13.5. The number of halogens is 1. The molecule has 0 fully saturated rings. The third-order valence-corrected chi connectivity index (χ3v) is 6.28. The molecule has 5 rings (SSSR count). The standard InChI is InChI=1S/C27H21FN4OS/c28-22-11-13-23(14-12-22)32-26(33)24(17-20-7-3-1-4-8-20)30-27(32)34-19-25-29-15-16-31(25)18-21-9-5-2-6-10-21/h1-17H,18-19H2/b24-17+. The molecule has 2 heterocycles. The molecule has 0 atom stereocenters. The second-order valence-electron chi connectivity index (χ2n) is 7.70. The van der Waals surface area contributed by atoms with Crippen molar-refractivity contribution in [3.63, 3.8) is 0 Å². The van der Waals surface area contributed by atoms with E-state index in [-0.39, 0.29) is 11.7 Å². The quantitative estimate of drug-likeness (QED) is 0.339. The van der Waals surface area contributed by atoms with Gasteiger partial charge in [-0.2, -0.15) is 0 Å². The molecule has 34 heavy (non-hydrogen) atoms. The molecule has 4 aromatic rings. The van der Waals surface area contributed by atoms with Crippen molar-refractivity contribution in [1.29, 1.82) is 0 Å². The highest BCUT2D eigenvalue weighted by Crippen LogP contribution is 2.31. The Morgan fingerprint density at radius 1 is 0.912 bits per heavy atom. The number of amides is 1. The van der Waals surface area contributed by atoms with Gasteiger partial charge in [0.15, 0.2) is 5.17 Å². The van der Waals surface area contributed by atoms with Gasteiger partial charge >= 0.3 is 0 Å². The second-order valence-corrected chi connectivity index (χ2v) is 8.64. The van der Waals surface area contributed by atoms with E-state index in [0.717, 1.165) is 11.4 Å². The van der Waals surface area contributed by atoms with Gasteiger partial charge < -0.3 is 4.57 Å². The number of anilines is 1. The molecule has 7 heteroatoms. The molecular formula is C27H21FN4OS. The van der Waals surface area contributed by atoms with Gasteiger partial charge in [-0.1, -0.05) is 72.4 Å². The van der Waals surface area contributed by atoms with Crippen LogP contribution in [0.15, 0.2) is 108 Å². The summed E-state index contributed by atoms with van der Waals surface area (Å²) in [5.41, 5.74) is 2.98. The number of aromatic nitrogens is 2. The minimum Gasteiger partial charge on any atom is -0.330 e. The number of amidine groups is 1. The molecule has 5 nitrogen and oxygen atoms in total. The molecule has 1 aromatic heterocycles. The van der Waals surface area contributed by atoms with Gasteiger partial charge in [-0.05, 0) is 41.5 Å². The molecule has 0 N–H and O–H groups in total. The molecule has 1 amide bonds. The first-order chi connectivity index (χ1) is 16.7. The summed E-state index contributed by atoms with van der Waals surface area (Å²) in [7, 11) is 0. The van der Waals surface area contributed by atoms with Crippen LogP contribution < -0.4 is 4.90 Å². The van der Waals surface area contributed by atoms with Crippen molar-refractivity contribution < 1.29 is 9.18 Å². The van der Waals surface area contributed by atoms with Crippen LogP contribution in [0, 0.1) is 5.82 Å². The van der Waals surface area contributed by atoms with Gasteiger partial charge in [0.05, 0.1) is 11.4 Å². The van der Waals surface area contributed by atoms with E-state index < -0.39 is 0 Å². The summed E-state index contributed by atoms with van der Waals surface area (Å²) in [5, 5.41) is 0.535. The van der Waals surface area contributed by atoms with Crippen molar-refractivity contribution >= 4 is 34.6 Å². The number of carbonyl (C=O) groups excluding carboxylic acids is 1. The van der Waals surface area contributed by atoms with E-state index in [2.05, 4.69) is 26.7 Å². The Morgan fingerprint density at radius 3 is 2.35 bits per heavy atom. The van der Waals surface area contributed by atoms with Crippen LogP contribution in [0.4, 0.5) is 10.1 Å².